The zero-order valence-electron chi connectivity index (χ0n) is 10.3. The van der Waals surface area contributed by atoms with Gasteiger partial charge in [-0.05, 0) is 20.3 Å². The normalized spacial score (nSPS) is 12.5. The number of carbonyl (C=O) groups is 1. The highest BCUT2D eigenvalue weighted by atomic mass is 32.1. The summed E-state index contributed by atoms with van der Waals surface area (Å²) in [7, 11) is 1.60. The van der Waals surface area contributed by atoms with Gasteiger partial charge in [-0.1, -0.05) is 0 Å². The minimum Gasteiger partial charge on any atom is -0.393 e. The Balaban J connectivity index is 2.56. The van der Waals surface area contributed by atoms with Crippen molar-refractivity contribution in [3.05, 3.63) is 15.6 Å². The molecule has 0 spiro atoms. The van der Waals surface area contributed by atoms with E-state index in [0.29, 0.717) is 24.4 Å². The molecule has 1 unspecified atom stereocenters. The Labute approximate surface area is 105 Å². The van der Waals surface area contributed by atoms with Crippen molar-refractivity contribution in [1.82, 2.24) is 10.3 Å². The van der Waals surface area contributed by atoms with Crippen molar-refractivity contribution in [2.24, 2.45) is 0 Å². The van der Waals surface area contributed by atoms with Crippen LogP contribution in [0.2, 0.25) is 0 Å². The van der Waals surface area contributed by atoms with E-state index in [-0.39, 0.29) is 5.91 Å². The summed E-state index contributed by atoms with van der Waals surface area (Å²) in [5.41, 5.74) is 0.719. The molecule has 1 amide bonds. The monoisotopic (exact) mass is 258 g/mol. The third-order valence-corrected chi connectivity index (χ3v) is 3.29. The number of carbonyl (C=O) groups excluding carboxylic acids is 1. The molecule has 0 fully saturated rings. The van der Waals surface area contributed by atoms with Crippen molar-refractivity contribution in [1.29, 1.82) is 0 Å². The number of aliphatic hydroxyl groups excluding tert-OH is 1. The first-order valence-electron chi connectivity index (χ1n) is 5.46. The van der Waals surface area contributed by atoms with Crippen LogP contribution in [0.5, 0.6) is 0 Å². The number of amides is 1. The molecule has 0 aliphatic carbocycles. The first kappa shape index (κ1) is 14.1. The van der Waals surface area contributed by atoms with Crippen LogP contribution in [0.1, 0.15) is 33.7 Å². The average Bonchev–Trinajstić information content (AvgIpc) is 2.59. The predicted octanol–water partition coefficient (Wildman–Crippen LogP) is 1.10. The Hall–Kier alpha value is -0.980. The van der Waals surface area contributed by atoms with Gasteiger partial charge in [0.25, 0.3) is 5.91 Å². The SMILES string of the molecule is COCc1nc(C)c(C(=O)NCCC(C)O)s1. The zero-order valence-corrected chi connectivity index (χ0v) is 11.1. The maximum Gasteiger partial charge on any atom is 0.263 e. The van der Waals surface area contributed by atoms with Gasteiger partial charge < -0.3 is 15.2 Å². The highest BCUT2D eigenvalue weighted by Gasteiger charge is 2.14. The van der Waals surface area contributed by atoms with Gasteiger partial charge in [0.15, 0.2) is 0 Å². The lowest BCUT2D eigenvalue weighted by Gasteiger charge is -2.05. The molecule has 1 atom stereocenters. The van der Waals surface area contributed by atoms with Gasteiger partial charge in [0.05, 0.1) is 18.4 Å². The van der Waals surface area contributed by atoms with Gasteiger partial charge in [0.1, 0.15) is 9.88 Å². The molecule has 17 heavy (non-hydrogen) atoms. The summed E-state index contributed by atoms with van der Waals surface area (Å²) >= 11 is 1.34. The number of hydrogen-bond donors (Lipinski definition) is 2. The quantitative estimate of drug-likeness (QED) is 0.801. The van der Waals surface area contributed by atoms with Crippen LogP contribution in [-0.4, -0.2) is 35.8 Å². The molecule has 96 valence electrons. The molecular weight excluding hydrogens is 240 g/mol. The van der Waals surface area contributed by atoms with Gasteiger partial charge in [-0.3, -0.25) is 4.79 Å². The molecule has 1 aromatic heterocycles. The van der Waals surface area contributed by atoms with Crippen LogP contribution in [-0.2, 0) is 11.3 Å². The van der Waals surface area contributed by atoms with Crippen molar-refractivity contribution in [2.75, 3.05) is 13.7 Å². The smallest absolute Gasteiger partial charge is 0.263 e. The van der Waals surface area contributed by atoms with Gasteiger partial charge in [-0.15, -0.1) is 11.3 Å². The average molecular weight is 258 g/mol. The fourth-order valence-electron chi connectivity index (χ4n) is 1.32. The first-order valence-corrected chi connectivity index (χ1v) is 6.27. The molecule has 1 aromatic rings. The topological polar surface area (TPSA) is 71.5 Å². The van der Waals surface area contributed by atoms with E-state index in [1.165, 1.54) is 11.3 Å². The largest absolute Gasteiger partial charge is 0.393 e. The molecule has 0 radical (unpaired) electrons. The third kappa shape index (κ3) is 4.41. The number of nitrogens with zero attached hydrogens (tertiary/aromatic N) is 1. The molecule has 0 saturated carbocycles. The van der Waals surface area contributed by atoms with E-state index in [9.17, 15) is 4.79 Å². The second-order valence-electron chi connectivity index (χ2n) is 3.85. The fraction of sp³-hybridized carbons (Fsp3) is 0.636. The predicted molar refractivity (Wildman–Crippen MR) is 66.2 cm³/mol. The first-order chi connectivity index (χ1) is 8.04. The van der Waals surface area contributed by atoms with Crippen molar-refractivity contribution < 1.29 is 14.6 Å². The molecule has 0 bridgehead atoms. The molecule has 2 N–H and O–H groups in total. The maximum absolute atomic E-state index is 11.8. The number of rotatable bonds is 6. The third-order valence-electron chi connectivity index (χ3n) is 2.16. The maximum atomic E-state index is 11.8. The van der Waals surface area contributed by atoms with E-state index in [4.69, 9.17) is 9.84 Å². The van der Waals surface area contributed by atoms with E-state index in [1.807, 2.05) is 0 Å². The highest BCUT2D eigenvalue weighted by Crippen LogP contribution is 2.18. The summed E-state index contributed by atoms with van der Waals surface area (Å²) in [6.45, 7) is 4.39. The van der Waals surface area contributed by atoms with Crippen molar-refractivity contribution >= 4 is 17.2 Å². The van der Waals surface area contributed by atoms with Gasteiger partial charge in [-0.25, -0.2) is 4.98 Å². The Morgan fingerprint density at radius 2 is 2.35 bits per heavy atom. The lowest BCUT2D eigenvalue weighted by Crippen LogP contribution is -2.26. The Morgan fingerprint density at radius 1 is 1.65 bits per heavy atom. The minimum absolute atomic E-state index is 0.136. The van der Waals surface area contributed by atoms with E-state index in [1.54, 1.807) is 21.0 Å². The summed E-state index contributed by atoms with van der Waals surface area (Å²) in [6, 6.07) is 0. The molecule has 0 aliphatic heterocycles. The molecule has 0 aliphatic rings. The molecule has 5 nitrogen and oxygen atoms in total. The van der Waals surface area contributed by atoms with Crippen LogP contribution in [0, 0.1) is 6.92 Å². The van der Waals surface area contributed by atoms with Crippen LogP contribution in [0.4, 0.5) is 0 Å². The standard InChI is InChI=1S/C11H18N2O3S/c1-7(14)4-5-12-11(15)10-8(2)13-9(17-10)6-16-3/h7,14H,4-6H2,1-3H3,(H,12,15). The van der Waals surface area contributed by atoms with E-state index < -0.39 is 6.10 Å². The Bertz CT molecular complexity index is 377. The number of nitrogens with one attached hydrogen (secondary N) is 1. The van der Waals surface area contributed by atoms with Crippen molar-refractivity contribution in [3.8, 4) is 0 Å². The van der Waals surface area contributed by atoms with E-state index in [2.05, 4.69) is 10.3 Å². The highest BCUT2D eigenvalue weighted by molar-refractivity contribution is 7.13. The number of aliphatic hydroxyl groups is 1. The lowest BCUT2D eigenvalue weighted by atomic mass is 10.3. The molecule has 6 heteroatoms. The van der Waals surface area contributed by atoms with Gasteiger partial charge in [0, 0.05) is 13.7 Å². The molecule has 1 heterocycles. The van der Waals surface area contributed by atoms with Crippen molar-refractivity contribution in [3.63, 3.8) is 0 Å². The molecule has 0 saturated heterocycles. The Morgan fingerprint density at radius 3 is 2.94 bits per heavy atom. The van der Waals surface area contributed by atoms with Crippen LogP contribution < -0.4 is 5.32 Å². The minimum atomic E-state index is -0.401. The summed E-state index contributed by atoms with van der Waals surface area (Å²) in [6.07, 6.45) is 0.149. The second kappa shape index (κ2) is 6.68. The van der Waals surface area contributed by atoms with Crippen LogP contribution in [0.15, 0.2) is 0 Å². The van der Waals surface area contributed by atoms with E-state index >= 15 is 0 Å². The van der Waals surface area contributed by atoms with Gasteiger partial charge in [0.2, 0.25) is 0 Å². The number of hydrogen-bond acceptors (Lipinski definition) is 5. The molecular formula is C11H18N2O3S. The van der Waals surface area contributed by atoms with Crippen LogP contribution >= 0.6 is 11.3 Å². The molecule has 0 aromatic carbocycles. The second-order valence-corrected chi connectivity index (χ2v) is 4.93. The number of thiazole rings is 1. The van der Waals surface area contributed by atoms with Crippen LogP contribution in [0.25, 0.3) is 0 Å². The van der Waals surface area contributed by atoms with Gasteiger partial charge in [-0.2, -0.15) is 0 Å². The Kier molecular flexibility index (Phi) is 5.54. The number of ether oxygens (including phenoxy) is 1. The summed E-state index contributed by atoms with van der Waals surface area (Å²) < 4.78 is 4.97. The number of aryl methyl sites for hydroxylation is 1. The van der Waals surface area contributed by atoms with Gasteiger partial charge >= 0.3 is 0 Å². The van der Waals surface area contributed by atoms with Crippen molar-refractivity contribution in [2.45, 2.75) is 33.0 Å². The number of methoxy groups -OCH3 is 1. The van der Waals surface area contributed by atoms with E-state index in [0.717, 1.165) is 10.7 Å². The summed E-state index contributed by atoms with van der Waals surface area (Å²) in [5, 5.41) is 12.6. The lowest BCUT2D eigenvalue weighted by molar-refractivity contribution is 0.0949. The number of aromatic nitrogens is 1. The molecule has 1 rings (SSSR count). The summed E-state index contributed by atoms with van der Waals surface area (Å²) in [5.74, 6) is -0.136. The summed E-state index contributed by atoms with van der Waals surface area (Å²) in [4.78, 5) is 16.7. The zero-order chi connectivity index (χ0) is 12.8. The fourth-order valence-corrected chi connectivity index (χ4v) is 2.28. The van der Waals surface area contributed by atoms with Crippen LogP contribution in [0.3, 0.4) is 0 Å².